The minimum Gasteiger partial charge on any atom is -0.393 e. The molecule has 0 saturated carbocycles. The average Bonchev–Trinajstić information content (AvgIpc) is 2.44. The van der Waals surface area contributed by atoms with Gasteiger partial charge >= 0.3 is 0 Å². The maximum Gasteiger partial charge on any atom is 0.127 e. The van der Waals surface area contributed by atoms with Crippen molar-refractivity contribution < 1.29 is 9.50 Å². The summed E-state index contributed by atoms with van der Waals surface area (Å²) in [4.78, 5) is 0. The Morgan fingerprint density at radius 3 is 2.45 bits per heavy atom. The van der Waals surface area contributed by atoms with E-state index >= 15 is 0 Å². The summed E-state index contributed by atoms with van der Waals surface area (Å²) in [6.07, 6.45) is 0.205. The number of aliphatic hydroxyl groups is 1. The Kier molecular flexibility index (Phi) is 5.16. The van der Waals surface area contributed by atoms with Crippen LogP contribution in [0.1, 0.15) is 30.4 Å². The summed E-state index contributed by atoms with van der Waals surface area (Å²) in [5.41, 5.74) is 1.56. The second-order valence-corrected chi connectivity index (χ2v) is 5.51. The van der Waals surface area contributed by atoms with Crippen LogP contribution in [-0.2, 0) is 6.42 Å². The van der Waals surface area contributed by atoms with Crippen molar-refractivity contribution in [3.8, 4) is 0 Å². The summed E-state index contributed by atoms with van der Waals surface area (Å²) in [6, 6.07) is 14.6. The van der Waals surface area contributed by atoms with E-state index < -0.39 is 6.10 Å². The van der Waals surface area contributed by atoms with E-state index in [0.29, 0.717) is 17.0 Å². The summed E-state index contributed by atoms with van der Waals surface area (Å²) in [5, 5.41) is 10.5. The smallest absolute Gasteiger partial charge is 0.127 e. The van der Waals surface area contributed by atoms with Crippen LogP contribution in [0.25, 0.3) is 0 Å². The third-order valence-electron chi connectivity index (χ3n) is 3.50. The van der Waals surface area contributed by atoms with Gasteiger partial charge in [-0.25, -0.2) is 4.39 Å². The lowest BCUT2D eigenvalue weighted by Gasteiger charge is -2.17. The van der Waals surface area contributed by atoms with Crippen LogP contribution >= 0.6 is 11.6 Å². The van der Waals surface area contributed by atoms with E-state index in [1.807, 2.05) is 30.3 Å². The fourth-order valence-corrected chi connectivity index (χ4v) is 2.61. The molecule has 1 N–H and O–H groups in total. The topological polar surface area (TPSA) is 20.2 Å². The van der Waals surface area contributed by atoms with Crippen LogP contribution in [0.3, 0.4) is 0 Å². The first-order chi connectivity index (χ1) is 9.58. The number of hydrogen-bond acceptors (Lipinski definition) is 1. The summed E-state index contributed by atoms with van der Waals surface area (Å²) in [7, 11) is 0. The van der Waals surface area contributed by atoms with E-state index in [1.54, 1.807) is 12.1 Å². The van der Waals surface area contributed by atoms with Crippen LogP contribution in [0.5, 0.6) is 0 Å². The van der Waals surface area contributed by atoms with Crippen LogP contribution in [0.4, 0.5) is 4.39 Å². The molecule has 2 unspecified atom stereocenters. The molecule has 2 rings (SSSR count). The Bertz CT molecular complexity index is 536. The second kappa shape index (κ2) is 6.87. The molecule has 0 aliphatic heterocycles. The molecule has 20 heavy (non-hydrogen) atoms. The number of hydrogen-bond donors (Lipinski definition) is 1. The Balaban J connectivity index is 2.01. The lowest BCUT2D eigenvalue weighted by Crippen LogP contribution is -2.15. The molecule has 0 radical (unpaired) electrons. The number of aliphatic hydroxyl groups excluding tert-OH is 1. The Labute approximate surface area is 124 Å². The van der Waals surface area contributed by atoms with E-state index in [-0.39, 0.29) is 18.2 Å². The Hall–Kier alpha value is -1.38. The average molecular weight is 293 g/mol. The van der Waals surface area contributed by atoms with E-state index in [1.165, 1.54) is 11.6 Å². The lowest BCUT2D eigenvalue weighted by atomic mass is 9.92. The third-order valence-corrected chi connectivity index (χ3v) is 3.85. The van der Waals surface area contributed by atoms with Gasteiger partial charge in [-0.15, -0.1) is 0 Å². The van der Waals surface area contributed by atoms with Crippen molar-refractivity contribution in [1.29, 1.82) is 0 Å². The molecule has 0 spiro atoms. The predicted molar refractivity (Wildman–Crippen MR) is 80.6 cm³/mol. The van der Waals surface area contributed by atoms with E-state index in [9.17, 15) is 9.50 Å². The molecule has 2 atom stereocenters. The molecule has 106 valence electrons. The summed E-state index contributed by atoms with van der Waals surface area (Å²) in [6.45, 7) is 2.06. The predicted octanol–water partition coefficient (Wildman–Crippen LogP) is 4.58. The van der Waals surface area contributed by atoms with Crippen molar-refractivity contribution in [1.82, 2.24) is 0 Å². The van der Waals surface area contributed by atoms with E-state index in [0.717, 1.165) is 0 Å². The first kappa shape index (κ1) is 15.0. The van der Waals surface area contributed by atoms with Gasteiger partial charge in [0, 0.05) is 17.0 Å². The van der Waals surface area contributed by atoms with Crippen LogP contribution in [0, 0.1) is 5.82 Å². The first-order valence-electron chi connectivity index (χ1n) is 6.74. The van der Waals surface area contributed by atoms with Gasteiger partial charge < -0.3 is 5.11 Å². The van der Waals surface area contributed by atoms with E-state index in [4.69, 9.17) is 11.6 Å². The number of rotatable bonds is 5. The van der Waals surface area contributed by atoms with Gasteiger partial charge in [-0.2, -0.15) is 0 Å². The van der Waals surface area contributed by atoms with Crippen molar-refractivity contribution in [3.63, 3.8) is 0 Å². The molecule has 0 amide bonds. The van der Waals surface area contributed by atoms with Gasteiger partial charge in [0.05, 0.1) is 6.10 Å². The minimum atomic E-state index is -0.611. The normalized spacial score (nSPS) is 14.0. The van der Waals surface area contributed by atoms with Crippen molar-refractivity contribution in [2.24, 2.45) is 0 Å². The lowest BCUT2D eigenvalue weighted by molar-refractivity contribution is 0.156. The van der Waals surface area contributed by atoms with Gasteiger partial charge in [0.2, 0.25) is 0 Å². The zero-order valence-corrected chi connectivity index (χ0v) is 12.1. The molecule has 0 aromatic heterocycles. The quantitative estimate of drug-likeness (QED) is 0.855. The van der Waals surface area contributed by atoms with Crippen molar-refractivity contribution in [2.45, 2.75) is 31.8 Å². The van der Waals surface area contributed by atoms with Gasteiger partial charge in [-0.1, -0.05) is 54.9 Å². The number of halogens is 2. The first-order valence-corrected chi connectivity index (χ1v) is 7.11. The van der Waals surface area contributed by atoms with Crippen molar-refractivity contribution in [2.75, 3.05) is 0 Å². The second-order valence-electron chi connectivity index (χ2n) is 5.11. The fraction of sp³-hybridized carbons (Fsp3) is 0.294. The zero-order chi connectivity index (χ0) is 14.5. The van der Waals surface area contributed by atoms with Gasteiger partial charge in [-0.05, 0) is 30.0 Å². The van der Waals surface area contributed by atoms with Gasteiger partial charge in [0.1, 0.15) is 5.82 Å². The highest BCUT2D eigenvalue weighted by Crippen LogP contribution is 2.25. The maximum atomic E-state index is 13.7. The van der Waals surface area contributed by atoms with Crippen molar-refractivity contribution >= 4 is 11.6 Å². The van der Waals surface area contributed by atoms with Crippen LogP contribution < -0.4 is 0 Å². The molecule has 0 aliphatic carbocycles. The van der Waals surface area contributed by atoms with Crippen LogP contribution in [0.2, 0.25) is 5.02 Å². The SMILES string of the molecule is CC(CC(O)Cc1c(F)cccc1Cl)c1ccccc1. The van der Waals surface area contributed by atoms with Gasteiger partial charge in [-0.3, -0.25) is 0 Å². The molecule has 2 aromatic rings. The van der Waals surface area contributed by atoms with Crippen LogP contribution in [-0.4, -0.2) is 11.2 Å². The molecule has 1 nitrogen and oxygen atoms in total. The minimum absolute atomic E-state index is 0.219. The molecular weight excluding hydrogens is 275 g/mol. The van der Waals surface area contributed by atoms with Crippen LogP contribution in [0.15, 0.2) is 48.5 Å². The summed E-state index contributed by atoms with van der Waals surface area (Å²) >= 11 is 5.98. The standard InChI is InChI=1S/C17H18ClFO/c1-12(13-6-3-2-4-7-13)10-14(20)11-15-16(18)8-5-9-17(15)19/h2-9,12,14,20H,10-11H2,1H3. The van der Waals surface area contributed by atoms with Gasteiger partial charge in [0.25, 0.3) is 0 Å². The third kappa shape index (κ3) is 3.81. The Morgan fingerprint density at radius 2 is 1.80 bits per heavy atom. The molecule has 0 heterocycles. The molecule has 0 bridgehead atoms. The zero-order valence-electron chi connectivity index (χ0n) is 11.4. The molecular formula is C17H18ClFO. The Morgan fingerprint density at radius 1 is 1.10 bits per heavy atom. The molecule has 0 saturated heterocycles. The fourth-order valence-electron chi connectivity index (χ4n) is 2.37. The monoisotopic (exact) mass is 292 g/mol. The van der Waals surface area contributed by atoms with Gasteiger partial charge in [0.15, 0.2) is 0 Å². The van der Waals surface area contributed by atoms with Crippen molar-refractivity contribution in [3.05, 3.63) is 70.5 Å². The highest BCUT2D eigenvalue weighted by molar-refractivity contribution is 6.31. The molecule has 0 aliphatic rings. The summed E-state index contributed by atoms with van der Waals surface area (Å²) in [5.74, 6) is -0.138. The largest absolute Gasteiger partial charge is 0.393 e. The highest BCUT2D eigenvalue weighted by Gasteiger charge is 2.16. The highest BCUT2D eigenvalue weighted by atomic mass is 35.5. The number of benzene rings is 2. The molecule has 3 heteroatoms. The summed E-state index contributed by atoms with van der Waals surface area (Å²) < 4.78 is 13.7. The molecule has 0 fully saturated rings. The molecule has 2 aromatic carbocycles. The van der Waals surface area contributed by atoms with E-state index in [2.05, 4.69) is 6.92 Å². The maximum absolute atomic E-state index is 13.7.